The lowest BCUT2D eigenvalue weighted by Crippen LogP contribution is -2.50. The van der Waals surface area contributed by atoms with E-state index in [1.54, 1.807) is 18.9 Å². The SMILES string of the molecule is CC(=O)N(C)C1CCCC1NC(=N)N. The molecule has 1 saturated carbocycles. The van der Waals surface area contributed by atoms with Gasteiger partial charge in [-0.25, -0.2) is 0 Å². The van der Waals surface area contributed by atoms with Crippen molar-refractivity contribution in [3.63, 3.8) is 0 Å². The van der Waals surface area contributed by atoms with Gasteiger partial charge < -0.3 is 16.0 Å². The highest BCUT2D eigenvalue weighted by Crippen LogP contribution is 2.23. The first kappa shape index (κ1) is 10.8. The maximum Gasteiger partial charge on any atom is 0.219 e. The quantitative estimate of drug-likeness (QED) is 0.427. The van der Waals surface area contributed by atoms with Crippen LogP contribution in [0.2, 0.25) is 0 Å². The molecule has 2 atom stereocenters. The van der Waals surface area contributed by atoms with E-state index in [-0.39, 0.29) is 24.0 Å². The first-order chi connectivity index (χ1) is 6.52. The highest BCUT2D eigenvalue weighted by Gasteiger charge is 2.31. The minimum atomic E-state index is -0.0150. The summed E-state index contributed by atoms with van der Waals surface area (Å²) in [6.45, 7) is 1.56. The Morgan fingerprint density at radius 2 is 2.21 bits per heavy atom. The molecule has 5 nitrogen and oxygen atoms in total. The molecule has 0 spiro atoms. The number of likely N-dealkylation sites (N-methyl/N-ethyl adjacent to an activating group) is 1. The van der Waals surface area contributed by atoms with Crippen molar-refractivity contribution in [2.45, 2.75) is 38.3 Å². The number of carbonyl (C=O) groups is 1. The lowest BCUT2D eigenvalue weighted by Gasteiger charge is -2.29. The van der Waals surface area contributed by atoms with Crippen molar-refractivity contribution < 1.29 is 4.79 Å². The average molecular weight is 198 g/mol. The van der Waals surface area contributed by atoms with Gasteiger partial charge in [0, 0.05) is 20.0 Å². The summed E-state index contributed by atoms with van der Waals surface area (Å²) in [6, 6.07) is 0.317. The number of rotatable bonds is 2. The van der Waals surface area contributed by atoms with Crippen LogP contribution in [0.4, 0.5) is 0 Å². The molecule has 0 radical (unpaired) electrons. The molecule has 80 valence electrons. The number of nitrogens with one attached hydrogen (secondary N) is 2. The fraction of sp³-hybridized carbons (Fsp3) is 0.778. The van der Waals surface area contributed by atoms with Crippen molar-refractivity contribution >= 4 is 11.9 Å². The highest BCUT2D eigenvalue weighted by atomic mass is 16.2. The molecule has 0 aromatic rings. The maximum absolute atomic E-state index is 11.2. The van der Waals surface area contributed by atoms with E-state index in [4.69, 9.17) is 11.1 Å². The lowest BCUT2D eigenvalue weighted by atomic mass is 10.1. The summed E-state index contributed by atoms with van der Waals surface area (Å²) in [5, 5.41) is 10.1. The highest BCUT2D eigenvalue weighted by molar-refractivity contribution is 5.75. The molecule has 1 aliphatic rings. The zero-order valence-corrected chi connectivity index (χ0v) is 8.71. The molecule has 0 aromatic heterocycles. The molecule has 0 aromatic carbocycles. The fourth-order valence-electron chi connectivity index (χ4n) is 2.01. The molecule has 0 saturated heterocycles. The zero-order valence-electron chi connectivity index (χ0n) is 8.71. The van der Waals surface area contributed by atoms with Gasteiger partial charge in [-0.1, -0.05) is 0 Å². The topological polar surface area (TPSA) is 82.2 Å². The number of nitrogens with two attached hydrogens (primary N) is 1. The molecule has 0 heterocycles. The monoisotopic (exact) mass is 198 g/mol. The molecule has 1 amide bonds. The Kier molecular flexibility index (Phi) is 3.33. The zero-order chi connectivity index (χ0) is 10.7. The third kappa shape index (κ3) is 2.37. The molecule has 0 aliphatic heterocycles. The molecule has 1 rings (SSSR count). The fourth-order valence-corrected chi connectivity index (χ4v) is 2.01. The number of hydrogen-bond acceptors (Lipinski definition) is 2. The second-order valence-electron chi connectivity index (χ2n) is 3.79. The minimum absolute atomic E-state index is 0.0150. The van der Waals surface area contributed by atoms with Gasteiger partial charge in [0.15, 0.2) is 5.96 Å². The predicted molar refractivity (Wildman–Crippen MR) is 54.9 cm³/mol. The maximum atomic E-state index is 11.2. The Hall–Kier alpha value is -1.26. The van der Waals surface area contributed by atoms with E-state index in [0.717, 1.165) is 19.3 Å². The summed E-state index contributed by atoms with van der Waals surface area (Å²) in [7, 11) is 1.80. The van der Waals surface area contributed by atoms with Crippen LogP contribution in [0, 0.1) is 5.41 Å². The third-order valence-corrected chi connectivity index (χ3v) is 2.81. The van der Waals surface area contributed by atoms with E-state index < -0.39 is 0 Å². The molecular weight excluding hydrogens is 180 g/mol. The number of hydrogen-bond donors (Lipinski definition) is 3. The van der Waals surface area contributed by atoms with Crippen LogP contribution in [0.5, 0.6) is 0 Å². The van der Waals surface area contributed by atoms with Crippen LogP contribution in [0.3, 0.4) is 0 Å². The second-order valence-corrected chi connectivity index (χ2v) is 3.79. The molecular formula is C9H18N4O. The summed E-state index contributed by atoms with van der Waals surface area (Å²) in [5.41, 5.74) is 5.28. The molecule has 14 heavy (non-hydrogen) atoms. The molecule has 1 aliphatic carbocycles. The van der Waals surface area contributed by atoms with Crippen LogP contribution in [-0.4, -0.2) is 35.9 Å². The summed E-state index contributed by atoms with van der Waals surface area (Å²) < 4.78 is 0. The average Bonchev–Trinajstić information content (AvgIpc) is 2.49. The van der Waals surface area contributed by atoms with Gasteiger partial charge >= 0.3 is 0 Å². The van der Waals surface area contributed by atoms with Gasteiger partial charge in [0.1, 0.15) is 0 Å². The standard InChI is InChI=1S/C9H18N4O/c1-6(14)13(2)8-5-3-4-7(8)12-9(10)11/h7-8H,3-5H2,1-2H3,(H4,10,11,12). The Balaban J connectivity index is 2.58. The molecule has 4 N–H and O–H groups in total. The van der Waals surface area contributed by atoms with Crippen molar-refractivity contribution in [2.24, 2.45) is 5.73 Å². The van der Waals surface area contributed by atoms with Gasteiger partial charge in [-0.3, -0.25) is 10.2 Å². The van der Waals surface area contributed by atoms with E-state index in [1.807, 2.05) is 0 Å². The smallest absolute Gasteiger partial charge is 0.219 e. The van der Waals surface area contributed by atoms with Crippen LogP contribution in [0.25, 0.3) is 0 Å². The van der Waals surface area contributed by atoms with Gasteiger partial charge in [-0.2, -0.15) is 0 Å². The van der Waals surface area contributed by atoms with Crippen molar-refractivity contribution in [1.29, 1.82) is 5.41 Å². The van der Waals surface area contributed by atoms with Crippen molar-refractivity contribution in [3.8, 4) is 0 Å². The van der Waals surface area contributed by atoms with Gasteiger partial charge in [-0.15, -0.1) is 0 Å². The Labute approximate surface area is 84.1 Å². The van der Waals surface area contributed by atoms with Gasteiger partial charge in [0.05, 0.1) is 6.04 Å². The second kappa shape index (κ2) is 4.30. The number of guanidine groups is 1. The van der Waals surface area contributed by atoms with Gasteiger partial charge in [0.2, 0.25) is 5.91 Å². The summed E-state index contributed by atoms with van der Waals surface area (Å²) >= 11 is 0. The van der Waals surface area contributed by atoms with Crippen molar-refractivity contribution in [1.82, 2.24) is 10.2 Å². The largest absolute Gasteiger partial charge is 0.370 e. The summed E-state index contributed by atoms with van der Waals surface area (Å²) in [4.78, 5) is 12.9. The lowest BCUT2D eigenvalue weighted by molar-refractivity contribution is -0.129. The summed E-state index contributed by atoms with van der Waals surface area (Å²) in [6.07, 6.45) is 3.04. The van der Waals surface area contributed by atoms with Crippen LogP contribution in [0.1, 0.15) is 26.2 Å². The van der Waals surface area contributed by atoms with E-state index in [0.29, 0.717) is 0 Å². The van der Waals surface area contributed by atoms with Gasteiger partial charge in [-0.05, 0) is 19.3 Å². The Bertz CT molecular complexity index is 241. The van der Waals surface area contributed by atoms with E-state index in [9.17, 15) is 4.79 Å². The van der Waals surface area contributed by atoms with E-state index in [2.05, 4.69) is 5.32 Å². The number of nitrogens with zero attached hydrogens (tertiary/aromatic N) is 1. The van der Waals surface area contributed by atoms with Gasteiger partial charge in [0.25, 0.3) is 0 Å². The van der Waals surface area contributed by atoms with Crippen LogP contribution >= 0.6 is 0 Å². The van der Waals surface area contributed by atoms with E-state index in [1.165, 1.54) is 0 Å². The Morgan fingerprint density at radius 3 is 2.71 bits per heavy atom. The number of amides is 1. The Morgan fingerprint density at radius 1 is 1.57 bits per heavy atom. The molecule has 1 fully saturated rings. The van der Waals surface area contributed by atoms with E-state index >= 15 is 0 Å². The third-order valence-electron chi connectivity index (χ3n) is 2.81. The molecule has 5 heteroatoms. The predicted octanol–water partition coefficient (Wildman–Crippen LogP) is -0.131. The van der Waals surface area contributed by atoms with Crippen LogP contribution in [0.15, 0.2) is 0 Å². The van der Waals surface area contributed by atoms with Crippen molar-refractivity contribution in [3.05, 3.63) is 0 Å². The molecule has 2 unspecified atom stereocenters. The first-order valence-corrected chi connectivity index (χ1v) is 4.86. The number of carbonyl (C=O) groups excluding carboxylic acids is 1. The summed E-state index contributed by atoms with van der Waals surface area (Å²) in [5.74, 6) is 0.0473. The first-order valence-electron chi connectivity index (χ1n) is 4.86. The van der Waals surface area contributed by atoms with Crippen LogP contribution < -0.4 is 11.1 Å². The van der Waals surface area contributed by atoms with Crippen molar-refractivity contribution in [2.75, 3.05) is 7.05 Å². The van der Waals surface area contributed by atoms with Crippen LogP contribution in [-0.2, 0) is 4.79 Å². The molecule has 0 bridgehead atoms. The normalized spacial score (nSPS) is 25.9. The minimum Gasteiger partial charge on any atom is -0.370 e.